The summed E-state index contributed by atoms with van der Waals surface area (Å²) >= 11 is 5.82. The zero-order chi connectivity index (χ0) is 15.4. The molecule has 1 N–H and O–H groups in total. The number of likely N-dealkylation sites (tertiary alicyclic amines) is 1. The molecule has 1 atom stereocenters. The van der Waals surface area contributed by atoms with Crippen molar-refractivity contribution in [3.63, 3.8) is 0 Å². The average molecular weight is 312 g/mol. The molecule has 1 saturated heterocycles. The summed E-state index contributed by atoms with van der Waals surface area (Å²) in [5.41, 5.74) is -0.212. The first-order valence-electron chi connectivity index (χ1n) is 6.95. The molecule has 0 radical (unpaired) electrons. The van der Waals surface area contributed by atoms with E-state index in [4.69, 9.17) is 11.6 Å². The summed E-state index contributed by atoms with van der Waals surface area (Å²) < 4.78 is 0. The van der Waals surface area contributed by atoms with Gasteiger partial charge in [0.25, 0.3) is 11.6 Å². The number of rotatable bonds is 5. The number of nitro groups is 1. The van der Waals surface area contributed by atoms with Crippen molar-refractivity contribution >= 4 is 23.2 Å². The average Bonchev–Trinajstić information content (AvgIpc) is 2.92. The fraction of sp³-hybridized carbons (Fsp3) is 0.500. The van der Waals surface area contributed by atoms with Crippen molar-refractivity contribution in [3.8, 4) is 0 Å². The van der Waals surface area contributed by atoms with Crippen molar-refractivity contribution < 1.29 is 9.72 Å². The third-order valence-corrected chi connectivity index (χ3v) is 4.00. The predicted octanol–water partition coefficient (Wildman–Crippen LogP) is 2.32. The Labute approximate surface area is 128 Å². The van der Waals surface area contributed by atoms with Crippen LogP contribution in [0.25, 0.3) is 0 Å². The van der Waals surface area contributed by atoms with E-state index in [1.165, 1.54) is 18.2 Å². The number of nitro benzene ring substituents is 1. The van der Waals surface area contributed by atoms with Crippen LogP contribution in [0.1, 0.15) is 23.7 Å². The second-order valence-electron chi connectivity index (χ2n) is 5.18. The Morgan fingerprint density at radius 1 is 1.57 bits per heavy atom. The van der Waals surface area contributed by atoms with E-state index < -0.39 is 10.8 Å². The van der Waals surface area contributed by atoms with Crippen molar-refractivity contribution in [1.29, 1.82) is 0 Å². The second kappa shape index (κ2) is 6.87. The minimum Gasteiger partial charge on any atom is -0.351 e. The Balaban J connectivity index is 2.00. The zero-order valence-corrected chi connectivity index (χ0v) is 12.6. The van der Waals surface area contributed by atoms with Crippen molar-refractivity contribution in [3.05, 3.63) is 38.9 Å². The van der Waals surface area contributed by atoms with Gasteiger partial charge in [-0.3, -0.25) is 14.9 Å². The lowest BCUT2D eigenvalue weighted by Crippen LogP contribution is -2.31. The number of hydrogen-bond acceptors (Lipinski definition) is 4. The van der Waals surface area contributed by atoms with Crippen LogP contribution in [-0.2, 0) is 0 Å². The monoisotopic (exact) mass is 311 g/mol. The smallest absolute Gasteiger partial charge is 0.282 e. The predicted molar refractivity (Wildman–Crippen MR) is 80.7 cm³/mol. The molecule has 114 valence electrons. The molecular weight excluding hydrogens is 294 g/mol. The minimum atomic E-state index is -0.570. The molecule has 6 nitrogen and oxygen atoms in total. The summed E-state index contributed by atoms with van der Waals surface area (Å²) in [6.45, 7) is 5.63. The van der Waals surface area contributed by atoms with Gasteiger partial charge < -0.3 is 10.2 Å². The highest BCUT2D eigenvalue weighted by molar-refractivity contribution is 6.31. The summed E-state index contributed by atoms with van der Waals surface area (Å²) in [7, 11) is 0. The molecule has 0 spiro atoms. The number of hydrogen-bond donors (Lipinski definition) is 1. The van der Waals surface area contributed by atoms with E-state index in [9.17, 15) is 14.9 Å². The maximum Gasteiger partial charge on any atom is 0.282 e. The maximum atomic E-state index is 12.1. The minimum absolute atomic E-state index is 0.0119. The summed E-state index contributed by atoms with van der Waals surface area (Å²) in [6, 6.07) is 4.00. The van der Waals surface area contributed by atoms with Crippen LogP contribution in [0.2, 0.25) is 5.02 Å². The Kier molecular flexibility index (Phi) is 5.14. The lowest BCUT2D eigenvalue weighted by molar-refractivity contribution is -0.385. The highest BCUT2D eigenvalue weighted by atomic mass is 35.5. The van der Waals surface area contributed by atoms with E-state index in [0.29, 0.717) is 17.5 Å². The quantitative estimate of drug-likeness (QED) is 0.669. The van der Waals surface area contributed by atoms with Crippen LogP contribution in [0.4, 0.5) is 5.69 Å². The Morgan fingerprint density at radius 2 is 2.33 bits per heavy atom. The molecule has 1 aliphatic rings. The molecule has 0 bridgehead atoms. The number of halogens is 1. The first kappa shape index (κ1) is 15.7. The maximum absolute atomic E-state index is 12.1. The molecule has 0 aliphatic carbocycles. The van der Waals surface area contributed by atoms with Gasteiger partial charge in [0.05, 0.1) is 4.92 Å². The first-order valence-corrected chi connectivity index (χ1v) is 7.33. The van der Waals surface area contributed by atoms with Crippen molar-refractivity contribution in [2.24, 2.45) is 5.92 Å². The topological polar surface area (TPSA) is 75.5 Å². The summed E-state index contributed by atoms with van der Waals surface area (Å²) in [4.78, 5) is 24.8. The number of nitrogens with one attached hydrogen (secondary N) is 1. The van der Waals surface area contributed by atoms with Crippen molar-refractivity contribution in [2.45, 2.75) is 13.3 Å². The zero-order valence-electron chi connectivity index (χ0n) is 11.8. The van der Waals surface area contributed by atoms with E-state index in [0.717, 1.165) is 26.1 Å². The molecule has 7 heteroatoms. The molecule has 21 heavy (non-hydrogen) atoms. The molecular formula is C14H18ClN3O3. The van der Waals surface area contributed by atoms with Gasteiger partial charge in [-0.2, -0.15) is 0 Å². The Morgan fingerprint density at radius 3 is 2.95 bits per heavy atom. The van der Waals surface area contributed by atoms with Gasteiger partial charge in [0.15, 0.2) is 0 Å². The van der Waals surface area contributed by atoms with Gasteiger partial charge >= 0.3 is 0 Å². The molecule has 1 fully saturated rings. The molecule has 0 aromatic heterocycles. The van der Waals surface area contributed by atoms with Crippen LogP contribution < -0.4 is 5.32 Å². The molecule has 1 heterocycles. The van der Waals surface area contributed by atoms with Crippen LogP contribution in [0.3, 0.4) is 0 Å². The number of carbonyl (C=O) groups excluding carboxylic acids is 1. The molecule has 1 aliphatic heterocycles. The highest BCUT2D eigenvalue weighted by Crippen LogP contribution is 2.23. The largest absolute Gasteiger partial charge is 0.351 e. The molecule has 1 aromatic rings. The summed E-state index contributed by atoms with van der Waals surface area (Å²) in [5, 5.41) is 14.0. The van der Waals surface area contributed by atoms with Gasteiger partial charge in [0.2, 0.25) is 0 Å². The summed E-state index contributed by atoms with van der Waals surface area (Å²) in [6.07, 6.45) is 1.03. The third kappa shape index (κ3) is 3.92. The molecule has 1 amide bonds. The Bertz CT molecular complexity index is 550. The lowest BCUT2D eigenvalue weighted by Gasteiger charge is -2.13. The number of nitrogens with zero attached hydrogens (tertiary/aromatic N) is 2. The van der Waals surface area contributed by atoms with Gasteiger partial charge in [-0.15, -0.1) is 0 Å². The van der Waals surface area contributed by atoms with E-state index in [-0.39, 0.29) is 11.3 Å². The Hall–Kier alpha value is -1.66. The van der Waals surface area contributed by atoms with Gasteiger partial charge in [-0.1, -0.05) is 18.5 Å². The fourth-order valence-electron chi connectivity index (χ4n) is 2.55. The van der Waals surface area contributed by atoms with E-state index >= 15 is 0 Å². The van der Waals surface area contributed by atoms with Crippen molar-refractivity contribution in [1.82, 2.24) is 10.2 Å². The normalized spacial score (nSPS) is 18.7. The molecule has 1 unspecified atom stereocenters. The van der Waals surface area contributed by atoms with E-state index in [1.807, 2.05) is 0 Å². The van der Waals surface area contributed by atoms with E-state index in [2.05, 4.69) is 17.1 Å². The molecule has 2 rings (SSSR count). The van der Waals surface area contributed by atoms with Crippen LogP contribution in [0, 0.1) is 16.0 Å². The molecule has 1 aromatic carbocycles. The van der Waals surface area contributed by atoms with Gasteiger partial charge in [-0.25, -0.2) is 0 Å². The van der Waals surface area contributed by atoms with Gasteiger partial charge in [0.1, 0.15) is 5.56 Å². The van der Waals surface area contributed by atoms with Crippen LogP contribution in [-0.4, -0.2) is 41.9 Å². The second-order valence-corrected chi connectivity index (χ2v) is 5.61. The van der Waals surface area contributed by atoms with Crippen molar-refractivity contribution in [2.75, 3.05) is 26.2 Å². The molecule has 0 saturated carbocycles. The van der Waals surface area contributed by atoms with E-state index in [1.54, 1.807) is 0 Å². The van der Waals surface area contributed by atoms with Crippen LogP contribution in [0.5, 0.6) is 0 Å². The standard InChI is InChI=1S/C14H18ClN3O3/c1-2-17-6-5-10(9-17)8-16-14(19)12-7-11(15)3-4-13(12)18(20)21/h3-4,7,10H,2,5-6,8-9H2,1H3,(H,16,19). The lowest BCUT2D eigenvalue weighted by atomic mass is 10.1. The van der Waals surface area contributed by atoms with Crippen LogP contribution in [0.15, 0.2) is 18.2 Å². The number of benzene rings is 1. The van der Waals surface area contributed by atoms with Crippen LogP contribution >= 0.6 is 11.6 Å². The van der Waals surface area contributed by atoms with Gasteiger partial charge in [0, 0.05) is 24.2 Å². The number of amides is 1. The number of carbonyl (C=O) groups is 1. The van der Waals surface area contributed by atoms with Gasteiger partial charge in [-0.05, 0) is 37.6 Å². The summed E-state index contributed by atoms with van der Waals surface area (Å²) in [5.74, 6) is -0.0497. The highest BCUT2D eigenvalue weighted by Gasteiger charge is 2.24. The third-order valence-electron chi connectivity index (χ3n) is 3.77. The first-order chi connectivity index (χ1) is 10.0. The SMILES string of the molecule is CCN1CCC(CNC(=O)c2cc(Cl)ccc2[N+](=O)[O-])C1. The fourth-order valence-corrected chi connectivity index (χ4v) is 2.72.